The second-order valence-corrected chi connectivity index (χ2v) is 17.4. The lowest BCUT2D eigenvalue weighted by atomic mass is 10.4. The molecule has 0 aliphatic rings. The molecule has 0 nitrogen and oxygen atoms in total. The van der Waals surface area contributed by atoms with Gasteiger partial charge in [0.15, 0.2) is 12.3 Å². The van der Waals surface area contributed by atoms with Crippen LogP contribution in [0.2, 0.25) is 0 Å². The maximum atomic E-state index is 14.2. The topological polar surface area (TPSA) is 0 Å². The summed E-state index contributed by atoms with van der Waals surface area (Å²) in [5.74, 6) is 0. The van der Waals surface area contributed by atoms with Crippen LogP contribution in [-0.4, -0.2) is 37.0 Å². The van der Waals surface area contributed by atoms with Crippen molar-refractivity contribution in [2.24, 2.45) is 0 Å². The molecule has 0 N–H and O–H groups in total. The third kappa shape index (κ3) is 8.91. The number of alkyl halides is 6. The summed E-state index contributed by atoms with van der Waals surface area (Å²) in [4.78, 5) is 0. The van der Waals surface area contributed by atoms with Crippen LogP contribution in [0.3, 0.4) is 0 Å². The van der Waals surface area contributed by atoms with Gasteiger partial charge in [-0.3, -0.25) is 0 Å². The van der Waals surface area contributed by atoms with Gasteiger partial charge < -0.3 is 0 Å². The third-order valence-corrected chi connectivity index (χ3v) is 16.3. The fraction of sp³-hybridized carbons (Fsp3) is 0.294. The normalized spacial score (nSPS) is 12.2. The zero-order chi connectivity index (χ0) is 28.7. The maximum absolute atomic E-state index is 14.2. The minimum absolute atomic E-state index is 0. The summed E-state index contributed by atoms with van der Waals surface area (Å²) in [5.41, 5.74) is 0. The fourth-order valence-electron chi connectivity index (χ4n) is 5.57. The van der Waals surface area contributed by atoms with Crippen molar-refractivity contribution in [1.29, 1.82) is 0 Å². The van der Waals surface area contributed by atoms with Crippen LogP contribution in [0.1, 0.15) is 27.7 Å². The molecule has 0 spiro atoms. The Morgan fingerprint density at radius 1 is 0.381 bits per heavy atom. The molecule has 0 aromatic heterocycles. The van der Waals surface area contributed by atoms with Crippen molar-refractivity contribution in [3.63, 3.8) is 0 Å². The highest BCUT2D eigenvalue weighted by Gasteiger charge is 2.53. The molecule has 4 aromatic rings. The number of rotatable bonds is 11. The van der Waals surface area contributed by atoms with Crippen molar-refractivity contribution in [3.8, 4) is 0 Å². The van der Waals surface area contributed by atoms with E-state index in [9.17, 15) is 26.3 Å². The summed E-state index contributed by atoms with van der Waals surface area (Å²) >= 11 is 0. The Kier molecular flexibility index (Phi) is 12.8. The second-order valence-electron chi connectivity index (χ2n) is 9.98. The van der Waals surface area contributed by atoms with Crippen LogP contribution in [0.5, 0.6) is 0 Å². The predicted octanol–water partition coefficient (Wildman–Crippen LogP) is 9.50. The van der Waals surface area contributed by atoms with Gasteiger partial charge in [-0.2, -0.15) is 26.3 Å². The van der Waals surface area contributed by atoms with Crippen molar-refractivity contribution in [3.05, 3.63) is 121 Å². The molecule has 0 heterocycles. The van der Waals surface area contributed by atoms with Crippen LogP contribution in [0.15, 0.2) is 121 Å². The Morgan fingerprint density at radius 2 is 0.595 bits per heavy atom. The number of halogens is 6. The summed E-state index contributed by atoms with van der Waals surface area (Å²) in [6.45, 7) is 0. The Balaban J connectivity index is 0.00000308. The van der Waals surface area contributed by atoms with Crippen LogP contribution in [0.25, 0.3) is 0 Å². The molecule has 0 radical (unpaired) electrons. The summed E-state index contributed by atoms with van der Waals surface area (Å²) in [7, 11) is -5.85. The van der Waals surface area contributed by atoms with Crippen molar-refractivity contribution < 1.29 is 26.3 Å². The lowest BCUT2D eigenvalue weighted by Crippen LogP contribution is -2.34. The van der Waals surface area contributed by atoms with Gasteiger partial charge in [-0.25, -0.2) is 0 Å². The van der Waals surface area contributed by atoms with E-state index in [1.807, 2.05) is 0 Å². The molecule has 0 aliphatic carbocycles. The SMILES string of the molecule is C.C.FC(F)(F)C[P+](CCCC[P+](CC(F)(F)F)(c1ccccc1)c1ccccc1)(c1ccccc1)c1ccccc1. The zero-order valence-corrected chi connectivity index (χ0v) is 23.7. The summed E-state index contributed by atoms with van der Waals surface area (Å²) in [6, 6.07) is 35.3. The quantitative estimate of drug-likeness (QED) is 0.0886. The molecule has 226 valence electrons. The van der Waals surface area contributed by atoms with Crippen molar-refractivity contribution in [2.75, 3.05) is 24.6 Å². The Morgan fingerprint density at radius 3 is 0.786 bits per heavy atom. The first-order valence-corrected chi connectivity index (χ1v) is 17.5. The van der Waals surface area contributed by atoms with E-state index in [2.05, 4.69) is 0 Å². The lowest BCUT2D eigenvalue weighted by molar-refractivity contribution is -0.107. The minimum Gasteiger partial charge on any atom is -0.167 e. The van der Waals surface area contributed by atoms with Gasteiger partial charge in [0, 0.05) is 0 Å². The van der Waals surface area contributed by atoms with Crippen LogP contribution < -0.4 is 21.2 Å². The molecule has 0 unspecified atom stereocenters. The van der Waals surface area contributed by atoms with Crippen LogP contribution in [0.4, 0.5) is 26.3 Å². The molecule has 0 saturated carbocycles. The molecular formula is C34H40F6P2+2. The van der Waals surface area contributed by atoms with E-state index in [-0.39, 0.29) is 27.2 Å². The number of hydrogen-bond acceptors (Lipinski definition) is 0. The van der Waals surface area contributed by atoms with Gasteiger partial charge in [-0.15, -0.1) is 0 Å². The average Bonchev–Trinajstić information content (AvgIpc) is 2.94. The highest BCUT2D eigenvalue weighted by molar-refractivity contribution is 7.90. The van der Waals surface area contributed by atoms with Gasteiger partial charge in [-0.1, -0.05) is 87.6 Å². The van der Waals surface area contributed by atoms with Gasteiger partial charge in [-0.05, 0) is 61.4 Å². The molecule has 0 saturated heterocycles. The summed E-state index contributed by atoms with van der Waals surface area (Å²) < 4.78 is 84.9. The van der Waals surface area contributed by atoms with E-state index in [4.69, 9.17) is 0 Å². The number of unbranched alkanes of at least 4 members (excludes halogenated alkanes) is 1. The fourth-order valence-corrected chi connectivity index (χ4v) is 14.0. The van der Waals surface area contributed by atoms with E-state index >= 15 is 0 Å². The molecule has 8 heteroatoms. The van der Waals surface area contributed by atoms with Crippen molar-refractivity contribution in [2.45, 2.75) is 40.0 Å². The molecule has 42 heavy (non-hydrogen) atoms. The molecule has 0 bridgehead atoms. The number of hydrogen-bond donors (Lipinski definition) is 0. The smallest absolute Gasteiger partial charge is 0.167 e. The van der Waals surface area contributed by atoms with Gasteiger partial charge >= 0.3 is 12.4 Å². The van der Waals surface area contributed by atoms with Crippen molar-refractivity contribution >= 4 is 35.7 Å². The monoisotopic (exact) mass is 624 g/mol. The summed E-state index contributed by atoms with van der Waals surface area (Å²) in [5, 5.41) is 2.67. The van der Waals surface area contributed by atoms with Crippen LogP contribution in [-0.2, 0) is 0 Å². The molecule has 0 amide bonds. The highest BCUT2D eigenvalue weighted by Crippen LogP contribution is 2.62. The van der Waals surface area contributed by atoms with E-state index in [1.54, 1.807) is 121 Å². The van der Waals surface area contributed by atoms with Gasteiger partial charge in [0.1, 0.15) is 0 Å². The van der Waals surface area contributed by atoms with Crippen LogP contribution >= 0.6 is 14.5 Å². The van der Waals surface area contributed by atoms with Gasteiger partial charge in [0.25, 0.3) is 0 Å². The number of benzene rings is 4. The largest absolute Gasteiger partial charge is 0.422 e. The Bertz CT molecular complexity index is 1120. The van der Waals surface area contributed by atoms with Gasteiger partial charge in [0.05, 0.1) is 48.1 Å². The van der Waals surface area contributed by atoms with Crippen LogP contribution in [0, 0.1) is 0 Å². The molecule has 0 atom stereocenters. The maximum Gasteiger partial charge on any atom is 0.422 e. The first-order chi connectivity index (χ1) is 19.0. The molecule has 4 rings (SSSR count). The van der Waals surface area contributed by atoms with Gasteiger partial charge in [0.2, 0.25) is 0 Å². The van der Waals surface area contributed by atoms with E-state index in [1.165, 1.54) is 0 Å². The molecule has 0 aliphatic heterocycles. The highest BCUT2D eigenvalue weighted by atomic mass is 31.2. The Hall–Kier alpha value is -2.68. The first-order valence-electron chi connectivity index (χ1n) is 13.1. The van der Waals surface area contributed by atoms with E-state index in [0.717, 1.165) is 0 Å². The minimum atomic E-state index is -4.39. The Labute approximate surface area is 247 Å². The third-order valence-electron chi connectivity index (χ3n) is 7.23. The molecular weight excluding hydrogens is 584 g/mol. The van der Waals surface area contributed by atoms with Crippen molar-refractivity contribution in [1.82, 2.24) is 0 Å². The lowest BCUT2D eigenvalue weighted by Gasteiger charge is -2.30. The van der Waals surface area contributed by atoms with E-state index < -0.39 is 39.2 Å². The molecule has 0 fully saturated rings. The van der Waals surface area contributed by atoms with E-state index in [0.29, 0.717) is 34.1 Å². The summed E-state index contributed by atoms with van der Waals surface area (Å²) in [6.07, 6.45) is -9.31. The second kappa shape index (κ2) is 15.2. The predicted molar refractivity (Wildman–Crippen MR) is 172 cm³/mol. The molecule has 4 aromatic carbocycles. The zero-order valence-electron chi connectivity index (χ0n) is 22.0. The average molecular weight is 625 g/mol. The first kappa shape index (κ1) is 35.5. The standard InChI is InChI=1S/C32H32F6P2.2CH4/c33-31(34,35)25-39(27-15-5-1-6-16-27,28-17-7-2-8-18-28)23-13-14-24-40(26-32(36,37)38,29-19-9-3-10-20-29)30-21-11-4-12-22-30;;/h1-12,15-22H,13-14,23-26H2;2*1H4/q+2;;.